The maximum atomic E-state index is 12.7. The lowest BCUT2D eigenvalue weighted by atomic mass is 10.1. The summed E-state index contributed by atoms with van der Waals surface area (Å²) in [6.45, 7) is 1.35. The number of nitrogens with zero attached hydrogens (tertiary/aromatic N) is 4. The van der Waals surface area contributed by atoms with Crippen LogP contribution in [-0.2, 0) is 21.4 Å². The second-order valence-electron chi connectivity index (χ2n) is 8.06. The van der Waals surface area contributed by atoms with E-state index in [1.807, 2.05) is 47.0 Å². The van der Waals surface area contributed by atoms with Crippen LogP contribution in [0.15, 0.2) is 70.1 Å². The summed E-state index contributed by atoms with van der Waals surface area (Å²) in [6.07, 6.45) is 6.93. The zero-order chi connectivity index (χ0) is 24.1. The molecule has 0 unspecified atom stereocenters. The maximum absolute atomic E-state index is 12.7. The van der Waals surface area contributed by atoms with Crippen molar-refractivity contribution in [2.45, 2.75) is 30.7 Å². The van der Waals surface area contributed by atoms with E-state index in [0.717, 1.165) is 29.4 Å². The third-order valence-corrected chi connectivity index (χ3v) is 6.96. The van der Waals surface area contributed by atoms with Crippen molar-refractivity contribution in [3.05, 3.63) is 66.4 Å². The molecule has 1 aliphatic rings. The lowest BCUT2D eigenvalue weighted by Crippen LogP contribution is -2.20. The first-order valence-electron chi connectivity index (χ1n) is 11.0. The number of fused-ring (bicyclic) bond motifs is 1. The third kappa shape index (κ3) is 5.18. The number of hydrogen-bond donors (Lipinski definition) is 1. The third-order valence-electron chi connectivity index (χ3n) is 5.66. The molecule has 1 N–H and O–H groups in total. The van der Waals surface area contributed by atoms with Gasteiger partial charge in [-0.25, -0.2) is 0 Å². The van der Waals surface area contributed by atoms with Gasteiger partial charge in [0.15, 0.2) is 0 Å². The highest BCUT2D eigenvalue weighted by atomic mass is 32.2. The van der Waals surface area contributed by atoms with Crippen molar-refractivity contribution in [1.82, 2.24) is 9.47 Å². The Balaban J connectivity index is 1.51. The highest BCUT2D eigenvalue weighted by Crippen LogP contribution is 2.23. The second-order valence-corrected chi connectivity index (χ2v) is 9.67. The average molecular weight is 476 g/mol. The fraction of sp³-hybridized carbons (Fsp3) is 0.240. The number of sulfonamides is 1. The Labute approximate surface area is 198 Å². The van der Waals surface area contributed by atoms with Crippen LogP contribution in [0.3, 0.4) is 0 Å². The fourth-order valence-electron chi connectivity index (χ4n) is 3.95. The molecule has 0 spiro atoms. The van der Waals surface area contributed by atoms with Crippen molar-refractivity contribution < 1.29 is 13.2 Å². The van der Waals surface area contributed by atoms with Gasteiger partial charge >= 0.3 is 0 Å². The molecule has 1 aromatic heterocycles. The van der Waals surface area contributed by atoms with E-state index in [1.54, 1.807) is 18.2 Å². The SMILES string of the molecule is CN1CCC/C1=N\S(=O)(=O)c1cccc(NC(=O)/C=C/c2cn(CCC#N)c3ccccc23)c1. The van der Waals surface area contributed by atoms with Gasteiger partial charge in [-0.15, -0.1) is 4.40 Å². The molecule has 1 amide bonds. The summed E-state index contributed by atoms with van der Waals surface area (Å²) >= 11 is 0. The minimum Gasteiger partial charge on any atom is -0.362 e. The second kappa shape index (κ2) is 9.93. The van der Waals surface area contributed by atoms with Gasteiger partial charge in [-0.1, -0.05) is 24.3 Å². The van der Waals surface area contributed by atoms with E-state index < -0.39 is 10.0 Å². The lowest BCUT2D eigenvalue weighted by Gasteiger charge is -2.11. The average Bonchev–Trinajstić information content (AvgIpc) is 3.39. The molecule has 1 fully saturated rings. The normalized spacial score (nSPS) is 15.3. The number of rotatable bonds is 7. The van der Waals surface area contributed by atoms with Crippen molar-refractivity contribution in [3.8, 4) is 6.07 Å². The molecule has 8 nitrogen and oxygen atoms in total. The molecular weight excluding hydrogens is 450 g/mol. The van der Waals surface area contributed by atoms with Gasteiger partial charge in [0.05, 0.1) is 17.4 Å². The minimum atomic E-state index is -3.87. The van der Waals surface area contributed by atoms with E-state index in [1.165, 1.54) is 18.2 Å². The number of para-hydroxylation sites is 1. The van der Waals surface area contributed by atoms with E-state index in [2.05, 4.69) is 15.8 Å². The molecule has 0 bridgehead atoms. The predicted molar refractivity (Wildman–Crippen MR) is 133 cm³/mol. The zero-order valence-corrected chi connectivity index (χ0v) is 19.6. The number of carbonyl (C=O) groups is 1. The summed E-state index contributed by atoms with van der Waals surface area (Å²) in [4.78, 5) is 14.4. The molecule has 0 radical (unpaired) electrons. The summed E-state index contributed by atoms with van der Waals surface area (Å²) in [5, 5.41) is 12.6. The van der Waals surface area contributed by atoms with E-state index >= 15 is 0 Å². The largest absolute Gasteiger partial charge is 0.362 e. The first-order chi connectivity index (χ1) is 16.4. The summed E-state index contributed by atoms with van der Waals surface area (Å²) < 4.78 is 31.4. The Morgan fingerprint density at radius 3 is 2.82 bits per heavy atom. The summed E-state index contributed by atoms with van der Waals surface area (Å²) in [5.74, 6) is 0.163. The van der Waals surface area contributed by atoms with E-state index in [0.29, 0.717) is 30.9 Å². The molecule has 2 aromatic carbocycles. The van der Waals surface area contributed by atoms with Crippen LogP contribution < -0.4 is 5.32 Å². The molecule has 1 aliphatic heterocycles. The number of aromatic nitrogens is 1. The van der Waals surface area contributed by atoms with Crippen molar-refractivity contribution in [3.63, 3.8) is 0 Å². The smallest absolute Gasteiger partial charge is 0.284 e. The van der Waals surface area contributed by atoms with Gasteiger partial charge in [0.1, 0.15) is 5.84 Å². The molecule has 9 heteroatoms. The molecule has 0 atom stereocenters. The molecule has 174 valence electrons. The number of anilines is 1. The van der Waals surface area contributed by atoms with Crippen molar-refractivity contribution in [1.29, 1.82) is 5.26 Å². The molecule has 34 heavy (non-hydrogen) atoms. The number of likely N-dealkylation sites (tertiary alicyclic amines) is 1. The summed E-state index contributed by atoms with van der Waals surface area (Å²) in [5.41, 5.74) is 2.22. The number of nitriles is 1. The molecule has 0 saturated carbocycles. The van der Waals surface area contributed by atoms with Gasteiger partial charge in [0, 0.05) is 61.0 Å². The van der Waals surface area contributed by atoms with Gasteiger partial charge in [-0.2, -0.15) is 13.7 Å². The van der Waals surface area contributed by atoms with Gasteiger partial charge in [-0.05, 0) is 36.8 Å². The van der Waals surface area contributed by atoms with Crippen molar-refractivity contribution >= 4 is 44.4 Å². The number of aryl methyl sites for hydroxylation is 1. The van der Waals surface area contributed by atoms with E-state index in [-0.39, 0.29) is 10.8 Å². The highest BCUT2D eigenvalue weighted by Gasteiger charge is 2.20. The number of hydrogen-bond acceptors (Lipinski definition) is 4. The van der Waals surface area contributed by atoms with Crippen LogP contribution in [0.4, 0.5) is 5.69 Å². The Morgan fingerprint density at radius 1 is 1.24 bits per heavy atom. The van der Waals surface area contributed by atoms with E-state index in [4.69, 9.17) is 5.26 Å². The van der Waals surface area contributed by atoms with Gasteiger partial charge in [0.25, 0.3) is 10.0 Å². The van der Waals surface area contributed by atoms with Gasteiger partial charge in [0.2, 0.25) is 5.91 Å². The number of amidine groups is 1. The molecule has 4 rings (SSSR count). The first-order valence-corrected chi connectivity index (χ1v) is 12.4. The van der Waals surface area contributed by atoms with Crippen LogP contribution in [0.2, 0.25) is 0 Å². The van der Waals surface area contributed by atoms with Gasteiger partial charge < -0.3 is 14.8 Å². The van der Waals surface area contributed by atoms with Crippen LogP contribution >= 0.6 is 0 Å². The number of amides is 1. The Morgan fingerprint density at radius 2 is 2.06 bits per heavy atom. The van der Waals surface area contributed by atoms with Crippen LogP contribution in [0.25, 0.3) is 17.0 Å². The van der Waals surface area contributed by atoms with Crippen LogP contribution in [-0.4, -0.2) is 43.2 Å². The number of benzene rings is 2. The monoisotopic (exact) mass is 475 g/mol. The van der Waals surface area contributed by atoms with Crippen LogP contribution in [0.5, 0.6) is 0 Å². The van der Waals surface area contributed by atoms with Gasteiger partial charge in [-0.3, -0.25) is 4.79 Å². The first kappa shape index (κ1) is 23.3. The number of carbonyl (C=O) groups excluding carboxylic acids is 1. The maximum Gasteiger partial charge on any atom is 0.284 e. The quantitative estimate of drug-likeness (QED) is 0.519. The Kier molecular flexibility index (Phi) is 6.80. The van der Waals surface area contributed by atoms with E-state index in [9.17, 15) is 13.2 Å². The zero-order valence-electron chi connectivity index (χ0n) is 18.8. The minimum absolute atomic E-state index is 0.0302. The summed E-state index contributed by atoms with van der Waals surface area (Å²) in [6, 6.07) is 16.0. The Bertz CT molecular complexity index is 1430. The standard InChI is InChI=1S/C25H25N5O3S/c1-29-15-5-11-24(29)28-34(32,33)21-8-4-7-20(17-21)27-25(31)13-12-19-18-30(16-6-14-26)23-10-3-2-9-22(19)23/h2-4,7-10,12-13,17-18H,5-6,11,15-16H2,1H3,(H,27,31)/b13-12+,28-24+. The fourth-order valence-corrected chi connectivity index (χ4v) is 5.09. The Hall–Kier alpha value is -3.90. The number of nitrogens with one attached hydrogen (secondary N) is 1. The van der Waals surface area contributed by atoms with Crippen LogP contribution in [0.1, 0.15) is 24.8 Å². The van der Waals surface area contributed by atoms with Crippen LogP contribution in [0, 0.1) is 11.3 Å². The molecule has 0 aliphatic carbocycles. The molecule has 1 saturated heterocycles. The topological polar surface area (TPSA) is 108 Å². The highest BCUT2D eigenvalue weighted by molar-refractivity contribution is 7.90. The van der Waals surface area contributed by atoms with Crippen molar-refractivity contribution in [2.75, 3.05) is 18.9 Å². The summed E-state index contributed by atoms with van der Waals surface area (Å²) in [7, 11) is -2.04. The molecular formula is C25H25N5O3S. The molecule has 2 heterocycles. The molecule has 3 aromatic rings. The lowest BCUT2D eigenvalue weighted by molar-refractivity contribution is -0.111. The predicted octanol–water partition coefficient (Wildman–Crippen LogP) is 4.02. The van der Waals surface area contributed by atoms with Crippen molar-refractivity contribution in [2.24, 2.45) is 4.40 Å².